The summed E-state index contributed by atoms with van der Waals surface area (Å²) in [5.41, 5.74) is 18.1. The van der Waals surface area contributed by atoms with Crippen molar-refractivity contribution in [2.75, 3.05) is 0 Å². The van der Waals surface area contributed by atoms with Gasteiger partial charge >= 0.3 is 0 Å². The number of hydrogen-bond acceptors (Lipinski definition) is 5. The molecule has 0 amide bonds. The van der Waals surface area contributed by atoms with Crippen LogP contribution in [-0.4, -0.2) is 9.97 Å². The van der Waals surface area contributed by atoms with Crippen molar-refractivity contribution in [3.05, 3.63) is 215 Å². The normalized spacial score (nSPS) is 14.1. The summed E-state index contributed by atoms with van der Waals surface area (Å²) in [6.45, 7) is 4.69. The van der Waals surface area contributed by atoms with Crippen LogP contribution in [0, 0.1) is 11.3 Å². The second-order valence-corrected chi connectivity index (χ2v) is 16.4. The molecule has 0 bridgehead atoms. The molecule has 8 aromatic carbocycles. The van der Waals surface area contributed by atoms with Gasteiger partial charge in [-0.3, -0.25) is 0 Å². The topological polar surface area (TPSA) is 75.8 Å². The van der Waals surface area contributed by atoms with E-state index in [0.717, 1.165) is 44.4 Å². The van der Waals surface area contributed by atoms with Gasteiger partial charge in [0.15, 0.2) is 11.2 Å². The van der Waals surface area contributed by atoms with E-state index < -0.39 is 5.41 Å². The fourth-order valence-electron chi connectivity index (χ4n) is 10.2. The van der Waals surface area contributed by atoms with Gasteiger partial charge in [0.25, 0.3) is 0 Å². The second-order valence-electron chi connectivity index (χ2n) is 16.4. The number of nitrogens with zero attached hydrogens (tertiary/aromatic N) is 3. The summed E-state index contributed by atoms with van der Waals surface area (Å²) in [5.74, 6) is 0.955. The highest BCUT2D eigenvalue weighted by molar-refractivity contribution is 5.93. The molecule has 0 saturated heterocycles. The lowest BCUT2D eigenvalue weighted by molar-refractivity contribution is 0.563. The molecule has 282 valence electrons. The van der Waals surface area contributed by atoms with E-state index >= 15 is 0 Å². The molecule has 2 aromatic heterocycles. The van der Waals surface area contributed by atoms with Crippen LogP contribution in [0.15, 0.2) is 185 Å². The van der Waals surface area contributed by atoms with Gasteiger partial charge in [-0.05, 0) is 104 Å². The summed E-state index contributed by atoms with van der Waals surface area (Å²) in [6, 6.07) is 63.9. The van der Waals surface area contributed by atoms with E-state index in [-0.39, 0.29) is 5.41 Å². The molecule has 2 heterocycles. The first kappa shape index (κ1) is 34.3. The standard InChI is InChI=1S/C55H35N3O2/c1-54(2)44-18-5-7-20-46(44)55(47-21-8-6-19-45(47)54)42-17-4-3-14-39(42)40-31-33(26-27-43(40)55)37-15-13-16-38(41(37)32-56)34-28-35(52-57-48-22-9-11-24-50(48)59-52)30-36(29-34)53-58-49-23-10-12-25-51(49)60-53/h3-31H,1-2H3. The molecule has 1 spiro atoms. The molecule has 2 aliphatic carbocycles. The first-order valence-electron chi connectivity index (χ1n) is 20.3. The Balaban J connectivity index is 1.05. The van der Waals surface area contributed by atoms with Crippen molar-refractivity contribution in [1.82, 2.24) is 9.97 Å². The molecule has 0 fully saturated rings. The van der Waals surface area contributed by atoms with Crippen LogP contribution in [0.25, 0.3) is 78.5 Å². The van der Waals surface area contributed by atoms with Gasteiger partial charge in [0.05, 0.1) is 11.0 Å². The van der Waals surface area contributed by atoms with Gasteiger partial charge < -0.3 is 8.83 Å². The van der Waals surface area contributed by atoms with Crippen molar-refractivity contribution in [1.29, 1.82) is 5.26 Å². The zero-order valence-electron chi connectivity index (χ0n) is 32.9. The Hall–Kier alpha value is -7.81. The Morgan fingerprint density at radius 1 is 0.417 bits per heavy atom. The lowest BCUT2D eigenvalue weighted by atomic mass is 9.55. The number of para-hydroxylation sites is 4. The fourth-order valence-corrected chi connectivity index (χ4v) is 10.2. The lowest BCUT2D eigenvalue weighted by Gasteiger charge is -2.46. The molecule has 60 heavy (non-hydrogen) atoms. The van der Waals surface area contributed by atoms with Crippen LogP contribution >= 0.6 is 0 Å². The molecular formula is C55H35N3O2. The first-order chi connectivity index (χ1) is 29.4. The van der Waals surface area contributed by atoms with Gasteiger partial charge in [0, 0.05) is 27.7 Å². The van der Waals surface area contributed by atoms with Crippen LogP contribution < -0.4 is 0 Å². The highest BCUT2D eigenvalue weighted by Gasteiger charge is 2.53. The molecule has 2 aliphatic rings. The average molecular weight is 770 g/mol. The summed E-state index contributed by atoms with van der Waals surface area (Å²) < 4.78 is 12.6. The van der Waals surface area contributed by atoms with E-state index in [9.17, 15) is 5.26 Å². The van der Waals surface area contributed by atoms with E-state index in [2.05, 4.69) is 117 Å². The maximum absolute atomic E-state index is 11.1. The summed E-state index contributed by atoms with van der Waals surface area (Å²) in [5, 5.41) is 11.1. The fraction of sp³-hybridized carbons (Fsp3) is 0.0727. The van der Waals surface area contributed by atoms with E-state index in [4.69, 9.17) is 18.8 Å². The van der Waals surface area contributed by atoms with Gasteiger partial charge in [-0.1, -0.05) is 141 Å². The minimum absolute atomic E-state index is 0.170. The van der Waals surface area contributed by atoms with E-state index in [0.29, 0.717) is 28.5 Å². The molecule has 0 unspecified atom stereocenters. The quantitative estimate of drug-likeness (QED) is 0.178. The Kier molecular flexibility index (Phi) is 7.19. The molecule has 0 saturated carbocycles. The van der Waals surface area contributed by atoms with E-state index in [1.165, 1.54) is 44.5 Å². The van der Waals surface area contributed by atoms with Gasteiger partial charge in [-0.2, -0.15) is 5.26 Å². The molecule has 0 aliphatic heterocycles. The lowest BCUT2D eigenvalue weighted by Crippen LogP contribution is -2.40. The van der Waals surface area contributed by atoms with E-state index in [1.54, 1.807) is 0 Å². The molecule has 5 nitrogen and oxygen atoms in total. The van der Waals surface area contributed by atoms with Gasteiger partial charge in [-0.15, -0.1) is 0 Å². The first-order valence-corrected chi connectivity index (χ1v) is 20.3. The summed E-state index contributed by atoms with van der Waals surface area (Å²) in [6.07, 6.45) is 0. The van der Waals surface area contributed by atoms with Crippen molar-refractivity contribution in [3.63, 3.8) is 0 Å². The predicted molar refractivity (Wildman–Crippen MR) is 237 cm³/mol. The maximum Gasteiger partial charge on any atom is 0.227 e. The summed E-state index contributed by atoms with van der Waals surface area (Å²) >= 11 is 0. The third-order valence-electron chi connectivity index (χ3n) is 12.9. The van der Waals surface area contributed by atoms with Crippen LogP contribution in [0.2, 0.25) is 0 Å². The Morgan fingerprint density at radius 2 is 0.883 bits per heavy atom. The molecular weight excluding hydrogens is 735 g/mol. The third-order valence-corrected chi connectivity index (χ3v) is 12.9. The largest absolute Gasteiger partial charge is 0.436 e. The molecule has 5 heteroatoms. The zero-order valence-corrected chi connectivity index (χ0v) is 32.9. The number of nitriles is 1. The van der Waals surface area contributed by atoms with Crippen molar-refractivity contribution in [2.24, 2.45) is 0 Å². The summed E-state index contributed by atoms with van der Waals surface area (Å²) in [4.78, 5) is 9.69. The highest BCUT2D eigenvalue weighted by Crippen LogP contribution is 2.62. The van der Waals surface area contributed by atoms with Crippen LogP contribution in [0.1, 0.15) is 52.8 Å². The average Bonchev–Trinajstić information content (AvgIpc) is 4.02. The smallest absolute Gasteiger partial charge is 0.227 e. The summed E-state index contributed by atoms with van der Waals surface area (Å²) in [7, 11) is 0. The minimum atomic E-state index is -0.487. The monoisotopic (exact) mass is 769 g/mol. The number of hydrogen-bond donors (Lipinski definition) is 0. The number of aromatic nitrogens is 2. The predicted octanol–water partition coefficient (Wildman–Crippen LogP) is 13.5. The zero-order chi connectivity index (χ0) is 40.2. The van der Waals surface area contributed by atoms with Crippen LogP contribution in [0.4, 0.5) is 0 Å². The second kappa shape index (κ2) is 12.6. The van der Waals surface area contributed by atoms with Crippen LogP contribution in [-0.2, 0) is 10.8 Å². The van der Waals surface area contributed by atoms with Gasteiger partial charge in [0.1, 0.15) is 17.1 Å². The van der Waals surface area contributed by atoms with Crippen molar-refractivity contribution in [2.45, 2.75) is 24.7 Å². The highest BCUT2D eigenvalue weighted by atomic mass is 16.4. The number of benzene rings is 8. The van der Waals surface area contributed by atoms with Crippen molar-refractivity contribution >= 4 is 22.2 Å². The minimum Gasteiger partial charge on any atom is -0.436 e. The Morgan fingerprint density at radius 3 is 1.47 bits per heavy atom. The third kappa shape index (κ3) is 4.73. The van der Waals surface area contributed by atoms with Crippen LogP contribution in [0.5, 0.6) is 0 Å². The molecule has 12 rings (SSSR count). The van der Waals surface area contributed by atoms with Crippen LogP contribution in [0.3, 0.4) is 0 Å². The number of rotatable bonds is 4. The SMILES string of the molecule is CC1(C)c2ccccc2C2(c3ccccc3-c3cc(-c4cccc(-c5cc(-c6nc7ccccc7o6)cc(-c6nc7ccccc7o6)c5)c4C#N)ccc32)c2ccccc21. The van der Waals surface area contributed by atoms with E-state index in [1.807, 2.05) is 78.9 Å². The number of oxazole rings is 2. The molecule has 0 N–H and O–H groups in total. The molecule has 0 radical (unpaired) electrons. The maximum atomic E-state index is 11.1. The van der Waals surface area contributed by atoms with Gasteiger partial charge in [0.2, 0.25) is 11.8 Å². The number of fused-ring (bicyclic) bond motifs is 11. The van der Waals surface area contributed by atoms with Gasteiger partial charge in [-0.25, -0.2) is 9.97 Å². The Labute approximate surface area is 346 Å². The molecule has 0 atom stereocenters. The van der Waals surface area contributed by atoms with Crippen molar-refractivity contribution < 1.29 is 8.83 Å². The van der Waals surface area contributed by atoms with Crippen molar-refractivity contribution in [3.8, 4) is 62.4 Å². The Bertz CT molecular complexity index is 3240. The molecule has 10 aromatic rings.